The summed E-state index contributed by atoms with van der Waals surface area (Å²) in [7, 11) is 0. The lowest BCUT2D eigenvalue weighted by Crippen LogP contribution is -2.63. The summed E-state index contributed by atoms with van der Waals surface area (Å²) in [6, 6.07) is 7.26. The molecule has 4 saturated heterocycles. The summed E-state index contributed by atoms with van der Waals surface area (Å²) in [5.74, 6) is -5.48. The summed E-state index contributed by atoms with van der Waals surface area (Å²) in [4.78, 5) is 35.1. The highest BCUT2D eigenvalue weighted by molar-refractivity contribution is 5.84. The highest BCUT2D eigenvalue weighted by atomic mass is 16.8. The van der Waals surface area contributed by atoms with Crippen molar-refractivity contribution < 1.29 is 53.4 Å². The molecule has 0 bridgehead atoms. The van der Waals surface area contributed by atoms with E-state index in [9.17, 15) is 24.9 Å². The number of Topliss-reactive ketones (excluding diaryl/α,β-unsaturated/α-hetero) is 1. The minimum Gasteiger partial charge on any atom is -0.392 e. The molecule has 3 N–H and O–H groups in total. The number of fused-ring (bicyclic) bond motifs is 1. The average molecular weight is 868 g/mol. The molecule has 5 aliphatic heterocycles. The zero-order valence-corrected chi connectivity index (χ0v) is 38.6. The van der Waals surface area contributed by atoms with E-state index >= 15 is 0 Å². The molecule has 14 heteroatoms. The summed E-state index contributed by atoms with van der Waals surface area (Å²) in [6.45, 7) is 19.8. The monoisotopic (exact) mass is 868 g/mol. The Bertz CT molecular complexity index is 1930. The van der Waals surface area contributed by atoms with Crippen molar-refractivity contribution in [3.63, 3.8) is 0 Å². The number of hydrogen-bond donors (Lipinski definition) is 3. The molecule has 0 saturated carbocycles. The van der Waals surface area contributed by atoms with Crippen LogP contribution in [0.1, 0.15) is 133 Å². The standard InChI is InChI=1S/C48H73N3O11/c1-11-33(44(55)60-51-36-17-15-14-16-35(36)49-50-51)37-19-18-27(4)42(58-37)31(8)40(53)30(7)41(54)34(12-2)43-28(5)26-29(6)47(59-43)23-20-38(52)48(62-47)25-24-45(10,61-48)39-21-22-46(56,13-3)32(9)57-39/h14-17,20,23,27-34,37-40,42-43,52-53,56H,11-13,18-19,21-22,24-26H2,1-10H3/t27-,28-,29+,30-,31-,32-,33+,34-,37+,38+,39+,40+,42+,43-,45-,46+,47-,48-/m0/s1. The second kappa shape index (κ2) is 18.2. The van der Waals surface area contributed by atoms with E-state index in [1.807, 2.05) is 53.7 Å². The van der Waals surface area contributed by atoms with Gasteiger partial charge in [0.15, 0.2) is 5.79 Å². The largest absolute Gasteiger partial charge is 0.392 e. The molecule has 6 heterocycles. The van der Waals surface area contributed by atoms with E-state index in [1.165, 1.54) is 0 Å². The highest BCUT2D eigenvalue weighted by Crippen LogP contribution is 2.54. The van der Waals surface area contributed by atoms with Gasteiger partial charge in [0.1, 0.15) is 22.9 Å². The fourth-order valence-corrected chi connectivity index (χ4v) is 11.5. The van der Waals surface area contributed by atoms with Crippen LogP contribution < -0.4 is 4.84 Å². The lowest BCUT2D eigenvalue weighted by atomic mass is 9.72. The van der Waals surface area contributed by atoms with Crippen molar-refractivity contribution in [2.45, 2.75) is 199 Å². The van der Waals surface area contributed by atoms with Crippen LogP contribution >= 0.6 is 0 Å². The maximum atomic E-state index is 14.7. The molecule has 2 aromatic rings. The third-order valence-electron chi connectivity index (χ3n) is 15.9. The number of nitrogens with zero attached hydrogens (tertiary/aromatic N) is 3. The van der Waals surface area contributed by atoms with Crippen molar-refractivity contribution in [1.29, 1.82) is 0 Å². The number of para-hydroxylation sites is 1. The van der Waals surface area contributed by atoms with Crippen molar-refractivity contribution in [2.75, 3.05) is 0 Å². The Kier molecular flexibility index (Phi) is 13.9. The topological polar surface area (TPSA) is 181 Å². The summed E-state index contributed by atoms with van der Waals surface area (Å²) < 4.78 is 34.0. The quantitative estimate of drug-likeness (QED) is 0.147. The van der Waals surface area contributed by atoms with Crippen LogP contribution in [0.4, 0.5) is 0 Å². The van der Waals surface area contributed by atoms with E-state index in [-0.39, 0.29) is 35.7 Å². The summed E-state index contributed by atoms with van der Waals surface area (Å²) >= 11 is 0. The van der Waals surface area contributed by atoms with Crippen molar-refractivity contribution in [3.8, 4) is 0 Å². The first-order valence-electron chi connectivity index (χ1n) is 23.6. The van der Waals surface area contributed by atoms with Gasteiger partial charge in [-0.25, -0.2) is 4.79 Å². The van der Waals surface area contributed by atoms with Gasteiger partial charge in [0, 0.05) is 30.1 Å². The number of aromatic nitrogens is 3. The predicted molar refractivity (Wildman–Crippen MR) is 230 cm³/mol. The Morgan fingerprint density at radius 3 is 2.35 bits per heavy atom. The molecule has 5 aliphatic rings. The third kappa shape index (κ3) is 8.56. The number of aliphatic hydroxyl groups is 3. The number of benzene rings is 1. The van der Waals surface area contributed by atoms with E-state index in [4.69, 9.17) is 28.5 Å². The lowest BCUT2D eigenvalue weighted by molar-refractivity contribution is -0.409. The number of carbonyl (C=O) groups is 2. The second-order valence-corrected chi connectivity index (χ2v) is 19.9. The van der Waals surface area contributed by atoms with Crippen LogP contribution in [-0.4, -0.2) is 108 Å². The second-order valence-electron chi connectivity index (χ2n) is 19.9. The molecule has 62 heavy (non-hydrogen) atoms. The average Bonchev–Trinajstić information content (AvgIpc) is 3.83. The minimum absolute atomic E-state index is 0.000930. The number of aliphatic hydroxyl groups excluding tert-OH is 2. The minimum atomic E-state index is -1.38. The van der Waals surface area contributed by atoms with Gasteiger partial charge in [-0.05, 0) is 113 Å². The summed E-state index contributed by atoms with van der Waals surface area (Å²) in [5, 5.41) is 42.7. The molecule has 0 amide bonds. The highest BCUT2D eigenvalue weighted by Gasteiger charge is 2.63. The van der Waals surface area contributed by atoms with Gasteiger partial charge in [0.05, 0.1) is 53.7 Å². The van der Waals surface area contributed by atoms with E-state index in [1.54, 1.807) is 31.2 Å². The molecule has 7 rings (SSSR count). The van der Waals surface area contributed by atoms with Crippen LogP contribution in [0.25, 0.3) is 11.0 Å². The zero-order chi connectivity index (χ0) is 44.9. The van der Waals surface area contributed by atoms with Crippen LogP contribution in [0.5, 0.6) is 0 Å². The maximum Gasteiger partial charge on any atom is 0.340 e. The van der Waals surface area contributed by atoms with Gasteiger partial charge in [-0.2, -0.15) is 0 Å². The number of rotatable bonds is 13. The third-order valence-corrected chi connectivity index (χ3v) is 15.9. The molecular formula is C48H73N3O11. The van der Waals surface area contributed by atoms with Gasteiger partial charge in [0.2, 0.25) is 5.79 Å². The molecule has 18 atom stereocenters. The van der Waals surface area contributed by atoms with Gasteiger partial charge in [-0.3, -0.25) is 4.79 Å². The predicted octanol–water partition coefficient (Wildman–Crippen LogP) is 6.50. The van der Waals surface area contributed by atoms with Gasteiger partial charge in [0.25, 0.3) is 0 Å². The lowest BCUT2D eigenvalue weighted by Gasteiger charge is -2.54. The fraction of sp³-hybridized carbons (Fsp3) is 0.792. The molecule has 0 aliphatic carbocycles. The number of carbonyl (C=O) groups excluding carboxylic acids is 2. The zero-order valence-electron chi connectivity index (χ0n) is 38.6. The van der Waals surface area contributed by atoms with E-state index in [0.717, 1.165) is 11.3 Å². The molecule has 1 aromatic carbocycles. The van der Waals surface area contributed by atoms with E-state index in [0.29, 0.717) is 68.8 Å². The van der Waals surface area contributed by atoms with Gasteiger partial charge in [-0.15, -0.1) is 5.10 Å². The fourth-order valence-electron chi connectivity index (χ4n) is 11.5. The SMILES string of the molecule is CC[C@@H](C(=O)[C@@H](C)[C@@H](O)[C@H](C)[C@@H]1O[C@@H]([C@@H](CC)C(=O)On2nnc3ccccc32)CC[C@@H]1C)[C@H]1O[C@]2(C=C[C@@H](O)[C@]3(CC[C@@](C)([C@H]4CC[C@](O)(CC)[C@H](C)O4)O3)O2)[C@H](C)C[C@@H]1C. The van der Waals surface area contributed by atoms with Crippen LogP contribution in [0.3, 0.4) is 0 Å². The first-order valence-corrected chi connectivity index (χ1v) is 23.6. The Labute approximate surface area is 367 Å². The molecule has 0 radical (unpaired) electrons. The molecule has 14 nitrogen and oxygen atoms in total. The normalized spacial score (nSPS) is 41.2. The number of hydrogen-bond acceptors (Lipinski definition) is 13. The molecule has 0 unspecified atom stereocenters. The van der Waals surface area contributed by atoms with Crippen LogP contribution in [-0.2, 0) is 33.3 Å². The Morgan fingerprint density at radius 2 is 1.66 bits per heavy atom. The number of ether oxygens (including phenoxy) is 5. The Morgan fingerprint density at radius 1 is 0.935 bits per heavy atom. The van der Waals surface area contributed by atoms with Crippen molar-refractivity contribution in [3.05, 3.63) is 36.4 Å². The van der Waals surface area contributed by atoms with E-state index in [2.05, 4.69) is 31.1 Å². The Balaban J connectivity index is 1.02. The van der Waals surface area contributed by atoms with E-state index < -0.39 is 82.9 Å². The van der Waals surface area contributed by atoms with Crippen LogP contribution in [0, 0.1) is 41.4 Å². The van der Waals surface area contributed by atoms with Gasteiger partial charge in [-0.1, -0.05) is 72.4 Å². The maximum absolute atomic E-state index is 14.7. The summed E-state index contributed by atoms with van der Waals surface area (Å²) in [6.07, 6.45) is 5.39. The van der Waals surface area contributed by atoms with Gasteiger partial charge >= 0.3 is 5.97 Å². The van der Waals surface area contributed by atoms with Crippen molar-refractivity contribution >= 4 is 22.8 Å². The Hall–Kier alpha value is -2.82. The molecule has 4 fully saturated rings. The van der Waals surface area contributed by atoms with Crippen molar-refractivity contribution in [2.24, 2.45) is 41.4 Å². The number of ketones is 1. The first kappa shape index (κ1) is 47.2. The van der Waals surface area contributed by atoms with Crippen molar-refractivity contribution in [1.82, 2.24) is 15.2 Å². The van der Waals surface area contributed by atoms with Gasteiger partial charge < -0.3 is 43.8 Å². The molecular weight excluding hydrogens is 795 g/mol. The molecule has 346 valence electrons. The van der Waals surface area contributed by atoms with Crippen LogP contribution in [0.2, 0.25) is 0 Å². The smallest absolute Gasteiger partial charge is 0.340 e. The molecule has 2 spiro atoms. The summed E-state index contributed by atoms with van der Waals surface area (Å²) in [5.41, 5.74) is -0.439. The van der Waals surface area contributed by atoms with Crippen LogP contribution in [0.15, 0.2) is 36.4 Å². The first-order chi connectivity index (χ1) is 29.3. The molecule has 1 aromatic heterocycles.